The van der Waals surface area contributed by atoms with E-state index in [0.29, 0.717) is 5.56 Å². The molecule has 7 nitrogen and oxygen atoms in total. The highest BCUT2D eigenvalue weighted by Gasteiger charge is 2.29. The van der Waals surface area contributed by atoms with Gasteiger partial charge in [-0.25, -0.2) is 4.79 Å². The SMILES string of the molecule is O=C(Oc1ccc([N+](=O)[O-])cc1)c1ccccc1-c1ccc2c(c1)CN1CN2Cc2ccccc21. The van der Waals surface area contributed by atoms with Gasteiger partial charge in [0.15, 0.2) is 0 Å². The number of hydrogen-bond donors (Lipinski definition) is 0. The third kappa shape index (κ3) is 3.77. The highest BCUT2D eigenvalue weighted by molar-refractivity contribution is 5.98. The number of nitro groups is 1. The molecule has 4 aromatic carbocycles. The zero-order valence-corrected chi connectivity index (χ0v) is 18.8. The van der Waals surface area contributed by atoms with Gasteiger partial charge in [-0.3, -0.25) is 10.1 Å². The van der Waals surface area contributed by atoms with Crippen LogP contribution in [0.15, 0.2) is 91.0 Å². The number of non-ortho nitro benzene ring substituents is 1. The summed E-state index contributed by atoms with van der Waals surface area (Å²) in [6.07, 6.45) is 0. The Bertz CT molecular complexity index is 1470. The highest BCUT2D eigenvalue weighted by atomic mass is 16.6. The minimum absolute atomic E-state index is 0.0573. The maximum Gasteiger partial charge on any atom is 0.344 e. The van der Waals surface area contributed by atoms with Crippen LogP contribution < -0.4 is 14.5 Å². The van der Waals surface area contributed by atoms with Crippen LogP contribution in [0.1, 0.15) is 21.5 Å². The summed E-state index contributed by atoms with van der Waals surface area (Å²) in [7, 11) is 0. The van der Waals surface area contributed by atoms with Crippen molar-refractivity contribution in [2.45, 2.75) is 13.1 Å². The van der Waals surface area contributed by atoms with Crippen LogP contribution >= 0.6 is 0 Å². The van der Waals surface area contributed by atoms with E-state index in [2.05, 4.69) is 46.2 Å². The lowest BCUT2D eigenvalue weighted by Crippen LogP contribution is -2.46. The number of rotatable bonds is 4. The monoisotopic (exact) mass is 463 g/mol. The van der Waals surface area contributed by atoms with Crippen LogP contribution in [0.5, 0.6) is 5.75 Å². The minimum atomic E-state index is -0.509. The van der Waals surface area contributed by atoms with Gasteiger partial charge in [0.2, 0.25) is 0 Å². The number of carbonyl (C=O) groups excluding carboxylic acids is 1. The van der Waals surface area contributed by atoms with Crippen molar-refractivity contribution in [2.24, 2.45) is 0 Å². The Morgan fingerprint density at radius 1 is 0.800 bits per heavy atom. The van der Waals surface area contributed by atoms with Gasteiger partial charge in [-0.1, -0.05) is 42.5 Å². The molecule has 0 unspecified atom stereocenters. The number of nitrogens with zero attached hydrogens (tertiary/aromatic N) is 3. The normalized spacial score (nSPS) is 13.6. The molecule has 35 heavy (non-hydrogen) atoms. The molecule has 0 spiro atoms. The fourth-order valence-corrected chi connectivity index (χ4v) is 4.89. The molecule has 7 heteroatoms. The van der Waals surface area contributed by atoms with Gasteiger partial charge in [0.1, 0.15) is 5.75 Å². The smallest absolute Gasteiger partial charge is 0.344 e. The van der Waals surface area contributed by atoms with Crippen molar-refractivity contribution in [3.63, 3.8) is 0 Å². The average molecular weight is 463 g/mol. The second kappa shape index (κ2) is 8.29. The molecule has 0 radical (unpaired) electrons. The molecule has 0 fully saturated rings. The Labute approximate surface area is 201 Å². The third-order valence-electron chi connectivity index (χ3n) is 6.53. The van der Waals surface area contributed by atoms with Crippen LogP contribution in [-0.4, -0.2) is 17.6 Å². The van der Waals surface area contributed by atoms with Gasteiger partial charge in [0.05, 0.1) is 17.2 Å². The molecule has 0 amide bonds. The molecule has 0 saturated carbocycles. The average Bonchev–Trinajstić information content (AvgIpc) is 2.89. The number of fused-ring (bicyclic) bond motifs is 6. The summed E-state index contributed by atoms with van der Waals surface area (Å²) in [6, 6.07) is 27.7. The predicted octanol–water partition coefficient (Wildman–Crippen LogP) is 5.78. The van der Waals surface area contributed by atoms with Crippen LogP contribution in [-0.2, 0) is 13.1 Å². The summed E-state index contributed by atoms with van der Waals surface area (Å²) >= 11 is 0. The van der Waals surface area contributed by atoms with E-state index in [1.165, 1.54) is 46.8 Å². The Kier molecular flexibility index (Phi) is 4.95. The van der Waals surface area contributed by atoms with Gasteiger partial charge in [0, 0.05) is 36.6 Å². The molecule has 2 aliphatic heterocycles. The molecule has 2 aliphatic rings. The van der Waals surface area contributed by atoms with E-state index in [-0.39, 0.29) is 11.4 Å². The van der Waals surface area contributed by atoms with Crippen molar-refractivity contribution in [3.8, 4) is 16.9 Å². The Morgan fingerprint density at radius 3 is 2.29 bits per heavy atom. The lowest BCUT2D eigenvalue weighted by Gasteiger charge is -2.44. The van der Waals surface area contributed by atoms with Crippen molar-refractivity contribution in [1.29, 1.82) is 0 Å². The zero-order valence-electron chi connectivity index (χ0n) is 18.8. The zero-order chi connectivity index (χ0) is 23.9. The number of anilines is 2. The molecule has 6 rings (SSSR count). The lowest BCUT2D eigenvalue weighted by molar-refractivity contribution is -0.384. The molecule has 0 aromatic heterocycles. The largest absolute Gasteiger partial charge is 0.423 e. The van der Waals surface area contributed by atoms with E-state index in [9.17, 15) is 14.9 Å². The van der Waals surface area contributed by atoms with Gasteiger partial charge in [-0.05, 0) is 58.7 Å². The van der Waals surface area contributed by atoms with Gasteiger partial charge in [0.25, 0.3) is 5.69 Å². The van der Waals surface area contributed by atoms with Crippen LogP contribution in [0.4, 0.5) is 17.1 Å². The standard InChI is InChI=1S/C28H21N3O4/c32-28(35-23-12-10-22(11-13-23)31(33)34)25-7-3-2-6-24(25)19-9-14-27-21(15-19)17-30-18-29(27)16-20-5-1-4-8-26(20)30/h1-15H,16-18H2. The number of nitro benzene ring substituents is 1. The van der Waals surface area contributed by atoms with Gasteiger partial charge >= 0.3 is 5.97 Å². The van der Waals surface area contributed by atoms with E-state index < -0.39 is 10.9 Å². The summed E-state index contributed by atoms with van der Waals surface area (Å²) in [5.41, 5.74) is 7.12. The second-order valence-electron chi connectivity index (χ2n) is 8.70. The molecule has 2 heterocycles. The van der Waals surface area contributed by atoms with Crippen molar-refractivity contribution in [1.82, 2.24) is 0 Å². The van der Waals surface area contributed by atoms with E-state index in [1.807, 2.05) is 18.2 Å². The summed E-state index contributed by atoms with van der Waals surface area (Å²) in [5.74, 6) is -0.251. The highest BCUT2D eigenvalue weighted by Crippen LogP contribution is 2.39. The van der Waals surface area contributed by atoms with Crippen molar-refractivity contribution in [2.75, 3.05) is 16.5 Å². The number of benzene rings is 4. The number of hydrogen-bond acceptors (Lipinski definition) is 6. The summed E-state index contributed by atoms with van der Waals surface area (Å²) in [5, 5.41) is 10.9. The van der Waals surface area contributed by atoms with Crippen molar-refractivity contribution < 1.29 is 14.5 Å². The molecule has 0 saturated heterocycles. The first-order chi connectivity index (χ1) is 17.1. The van der Waals surface area contributed by atoms with E-state index in [1.54, 1.807) is 12.1 Å². The molecule has 0 atom stereocenters. The van der Waals surface area contributed by atoms with Crippen molar-refractivity contribution >= 4 is 23.0 Å². The number of ether oxygens (including phenoxy) is 1. The molecular formula is C28H21N3O4. The number of esters is 1. The molecule has 2 bridgehead atoms. The summed E-state index contributed by atoms with van der Waals surface area (Å²) < 4.78 is 5.53. The number of carbonyl (C=O) groups is 1. The van der Waals surface area contributed by atoms with Crippen LogP contribution in [0, 0.1) is 10.1 Å². The van der Waals surface area contributed by atoms with Crippen LogP contribution in [0.25, 0.3) is 11.1 Å². The topological polar surface area (TPSA) is 75.9 Å². The maximum atomic E-state index is 13.0. The lowest BCUT2D eigenvalue weighted by atomic mass is 9.95. The third-order valence-corrected chi connectivity index (χ3v) is 6.53. The van der Waals surface area contributed by atoms with Crippen molar-refractivity contribution in [3.05, 3.63) is 118 Å². The second-order valence-corrected chi connectivity index (χ2v) is 8.70. The van der Waals surface area contributed by atoms with Gasteiger partial charge in [-0.15, -0.1) is 0 Å². The predicted molar refractivity (Wildman–Crippen MR) is 134 cm³/mol. The molecular weight excluding hydrogens is 442 g/mol. The fraction of sp³-hybridized carbons (Fsp3) is 0.107. The first kappa shape index (κ1) is 20.9. The number of para-hydroxylation sites is 1. The first-order valence-electron chi connectivity index (χ1n) is 11.3. The summed E-state index contributed by atoms with van der Waals surface area (Å²) in [6.45, 7) is 2.53. The maximum absolute atomic E-state index is 13.0. The van der Waals surface area contributed by atoms with Gasteiger partial charge in [-0.2, -0.15) is 0 Å². The molecule has 0 N–H and O–H groups in total. The molecule has 0 aliphatic carbocycles. The summed E-state index contributed by atoms with van der Waals surface area (Å²) in [4.78, 5) is 28.2. The molecule has 172 valence electrons. The Morgan fingerprint density at radius 2 is 1.49 bits per heavy atom. The van der Waals surface area contributed by atoms with E-state index >= 15 is 0 Å². The first-order valence-corrected chi connectivity index (χ1v) is 11.3. The fourth-order valence-electron chi connectivity index (χ4n) is 4.89. The molecule has 4 aromatic rings. The Hall–Kier alpha value is -4.65. The van der Waals surface area contributed by atoms with Crippen LogP contribution in [0.2, 0.25) is 0 Å². The Balaban J connectivity index is 1.30. The minimum Gasteiger partial charge on any atom is -0.423 e. The van der Waals surface area contributed by atoms with Crippen LogP contribution in [0.3, 0.4) is 0 Å². The quantitative estimate of drug-likeness (QED) is 0.165. The van der Waals surface area contributed by atoms with E-state index in [0.717, 1.165) is 30.9 Å². The van der Waals surface area contributed by atoms with E-state index in [4.69, 9.17) is 4.74 Å². The van der Waals surface area contributed by atoms with Gasteiger partial charge < -0.3 is 14.5 Å².